The Bertz CT molecular complexity index is 1270. The fourth-order valence-electron chi connectivity index (χ4n) is 4.33. The molecule has 0 aliphatic rings. The number of allylic oxidation sites excluding steroid dienone is 3. The first-order chi connectivity index (χ1) is 20.3. The summed E-state index contributed by atoms with van der Waals surface area (Å²) in [5.41, 5.74) is 10.9. The lowest BCUT2D eigenvalue weighted by Gasteiger charge is -2.19. The molecule has 3 rings (SSSR count). The van der Waals surface area contributed by atoms with E-state index >= 15 is 0 Å². The van der Waals surface area contributed by atoms with Crippen LogP contribution >= 0.6 is 0 Å². The highest BCUT2D eigenvalue weighted by molar-refractivity contribution is 5.71. The summed E-state index contributed by atoms with van der Waals surface area (Å²) in [5.74, 6) is 0.702. The highest BCUT2D eigenvalue weighted by Gasteiger charge is 2.11. The Labute approximate surface area is 265 Å². The average Bonchev–Trinajstić information content (AvgIpc) is 3.00. The monoisotopic (exact) mass is 577 g/mol. The first-order valence-electron chi connectivity index (χ1n) is 16.0. The van der Waals surface area contributed by atoms with E-state index in [4.69, 9.17) is 0 Å². The highest BCUT2D eigenvalue weighted by atomic mass is 14.9. The van der Waals surface area contributed by atoms with Gasteiger partial charge < -0.3 is 5.32 Å². The van der Waals surface area contributed by atoms with Crippen molar-refractivity contribution in [1.82, 2.24) is 5.32 Å². The molecule has 3 aromatic rings. The van der Waals surface area contributed by atoms with Crippen molar-refractivity contribution < 1.29 is 0 Å². The van der Waals surface area contributed by atoms with Crippen molar-refractivity contribution in [2.75, 3.05) is 6.54 Å². The molecule has 1 atom stereocenters. The molecule has 43 heavy (non-hydrogen) atoms. The van der Waals surface area contributed by atoms with E-state index in [1.165, 1.54) is 53.5 Å². The van der Waals surface area contributed by atoms with E-state index in [0.717, 1.165) is 35.4 Å². The zero-order chi connectivity index (χ0) is 32.4. The van der Waals surface area contributed by atoms with Gasteiger partial charge in [-0.15, -0.1) is 0 Å². The van der Waals surface area contributed by atoms with Crippen molar-refractivity contribution in [2.24, 2.45) is 11.3 Å². The lowest BCUT2D eigenvalue weighted by molar-refractivity contribution is 0.485. The Morgan fingerprint density at radius 1 is 0.698 bits per heavy atom. The number of hydrogen-bond acceptors (Lipinski definition) is 1. The van der Waals surface area contributed by atoms with Gasteiger partial charge in [-0.1, -0.05) is 177 Å². The molecule has 0 aliphatic carbocycles. The minimum atomic E-state index is 0.314. The van der Waals surface area contributed by atoms with Crippen molar-refractivity contribution in [3.05, 3.63) is 127 Å². The molecule has 0 saturated carbocycles. The second kappa shape index (κ2) is 19.6. The molecular formula is C42H59N. The van der Waals surface area contributed by atoms with E-state index in [0.29, 0.717) is 11.3 Å². The highest BCUT2D eigenvalue weighted by Crippen LogP contribution is 2.25. The van der Waals surface area contributed by atoms with Crippen LogP contribution in [0.4, 0.5) is 0 Å². The topological polar surface area (TPSA) is 12.0 Å². The Balaban J connectivity index is 0.000000353. The van der Waals surface area contributed by atoms with Crippen LogP contribution in [0.1, 0.15) is 104 Å². The first kappa shape index (κ1) is 37.4. The summed E-state index contributed by atoms with van der Waals surface area (Å²) >= 11 is 0. The normalized spacial score (nSPS) is 11.2. The first-order valence-corrected chi connectivity index (χ1v) is 16.0. The van der Waals surface area contributed by atoms with E-state index in [-0.39, 0.29) is 0 Å². The van der Waals surface area contributed by atoms with E-state index in [9.17, 15) is 0 Å². The molecule has 0 radical (unpaired) electrons. The van der Waals surface area contributed by atoms with Gasteiger partial charge >= 0.3 is 0 Å². The molecule has 1 unspecified atom stereocenters. The quantitative estimate of drug-likeness (QED) is 0.167. The van der Waals surface area contributed by atoms with Gasteiger partial charge in [0.05, 0.1) is 0 Å². The SMILES string of the molecule is C=C(C)c1ccc(C(=C)NCC(C)CCCCC)cc1.C=C(C)c1cccc(-c2ccccc2)c1.C=C(CC)C(C)(C)C. The van der Waals surface area contributed by atoms with Crippen LogP contribution in [0.3, 0.4) is 0 Å². The van der Waals surface area contributed by atoms with E-state index < -0.39 is 0 Å². The van der Waals surface area contributed by atoms with Gasteiger partial charge in [0, 0.05) is 12.2 Å². The molecule has 0 amide bonds. The molecule has 1 N–H and O–H groups in total. The average molecular weight is 578 g/mol. The second-order valence-electron chi connectivity index (χ2n) is 12.8. The number of rotatable bonds is 12. The maximum Gasteiger partial charge on any atom is 0.0340 e. The standard InChI is InChI=1S/C19H29N.C15H14.C8H16/c1-6-7-8-9-16(4)14-20-17(5)19-12-10-18(11-13-19)15(2)3;1-12(2)14-9-6-10-15(11-14)13-7-4-3-5-8-13;1-6-7(2)8(3,4)5/h10-13,16,20H,2,5-9,14H2,1,3-4H3;3-11H,1H2,2H3;2,6H2,1,3-5H3. The number of benzene rings is 3. The van der Waals surface area contributed by atoms with Crippen LogP contribution in [0.5, 0.6) is 0 Å². The Kier molecular flexibility index (Phi) is 17.0. The number of unbranched alkanes of at least 4 members (excludes halogenated alkanes) is 2. The Morgan fingerprint density at radius 3 is 1.74 bits per heavy atom. The smallest absolute Gasteiger partial charge is 0.0340 e. The molecule has 1 heteroatoms. The summed E-state index contributed by atoms with van der Waals surface area (Å²) in [6.45, 7) is 34.3. The third-order valence-corrected chi connectivity index (χ3v) is 7.64. The molecule has 0 aliphatic heterocycles. The third-order valence-electron chi connectivity index (χ3n) is 7.64. The second-order valence-corrected chi connectivity index (χ2v) is 12.8. The number of nitrogens with one attached hydrogen (secondary N) is 1. The Hall–Kier alpha value is -3.58. The van der Waals surface area contributed by atoms with Gasteiger partial charge in [0.25, 0.3) is 0 Å². The number of hydrogen-bond donors (Lipinski definition) is 1. The maximum atomic E-state index is 4.13. The van der Waals surface area contributed by atoms with Crippen molar-refractivity contribution in [2.45, 2.75) is 87.5 Å². The predicted molar refractivity (Wildman–Crippen MR) is 197 cm³/mol. The van der Waals surface area contributed by atoms with Crippen LogP contribution in [0.25, 0.3) is 28.0 Å². The molecule has 1 nitrogen and oxygen atoms in total. The lowest BCUT2D eigenvalue weighted by Crippen LogP contribution is -2.19. The molecule has 232 valence electrons. The summed E-state index contributed by atoms with van der Waals surface area (Å²) in [7, 11) is 0. The minimum absolute atomic E-state index is 0.314. The van der Waals surface area contributed by atoms with Crippen LogP contribution in [0.2, 0.25) is 0 Å². The predicted octanol–water partition coefficient (Wildman–Crippen LogP) is 12.9. The maximum absolute atomic E-state index is 4.13. The van der Waals surface area contributed by atoms with Gasteiger partial charge in [-0.25, -0.2) is 0 Å². The van der Waals surface area contributed by atoms with Crippen molar-refractivity contribution >= 4 is 16.8 Å². The molecule has 0 spiro atoms. The van der Waals surface area contributed by atoms with Gasteiger partial charge in [-0.05, 0) is 71.9 Å². The summed E-state index contributed by atoms with van der Waals surface area (Å²) < 4.78 is 0. The van der Waals surface area contributed by atoms with Crippen LogP contribution in [-0.2, 0) is 0 Å². The van der Waals surface area contributed by atoms with Crippen molar-refractivity contribution in [1.29, 1.82) is 0 Å². The fraction of sp³-hybridized carbons (Fsp3) is 0.381. The Morgan fingerprint density at radius 2 is 1.26 bits per heavy atom. The minimum Gasteiger partial charge on any atom is -0.385 e. The molecule has 0 bridgehead atoms. The molecule has 0 fully saturated rings. The van der Waals surface area contributed by atoms with E-state index in [1.807, 2.05) is 19.9 Å². The largest absolute Gasteiger partial charge is 0.385 e. The summed E-state index contributed by atoms with van der Waals surface area (Å²) in [5, 5.41) is 3.46. The lowest BCUT2D eigenvalue weighted by atomic mass is 9.86. The van der Waals surface area contributed by atoms with Gasteiger partial charge in [0.1, 0.15) is 0 Å². The zero-order valence-electron chi connectivity index (χ0n) is 28.7. The van der Waals surface area contributed by atoms with Crippen LogP contribution in [0, 0.1) is 11.3 Å². The van der Waals surface area contributed by atoms with Crippen molar-refractivity contribution in [3.8, 4) is 11.1 Å². The summed E-state index contributed by atoms with van der Waals surface area (Å²) in [4.78, 5) is 0. The van der Waals surface area contributed by atoms with E-state index in [1.54, 1.807) is 0 Å². The zero-order valence-corrected chi connectivity index (χ0v) is 28.7. The molecule has 3 aromatic carbocycles. The van der Waals surface area contributed by atoms with Gasteiger partial charge in [-0.2, -0.15) is 0 Å². The van der Waals surface area contributed by atoms with E-state index in [2.05, 4.69) is 146 Å². The van der Waals surface area contributed by atoms with Gasteiger partial charge in [0.2, 0.25) is 0 Å². The third kappa shape index (κ3) is 14.9. The molecule has 0 heterocycles. The van der Waals surface area contributed by atoms with Crippen LogP contribution in [0.15, 0.2) is 111 Å². The van der Waals surface area contributed by atoms with Gasteiger partial charge in [-0.3, -0.25) is 0 Å². The summed E-state index contributed by atoms with van der Waals surface area (Å²) in [6.07, 6.45) is 6.36. The van der Waals surface area contributed by atoms with Crippen LogP contribution in [-0.4, -0.2) is 6.54 Å². The fourth-order valence-corrected chi connectivity index (χ4v) is 4.33. The van der Waals surface area contributed by atoms with Gasteiger partial charge in [0.15, 0.2) is 0 Å². The van der Waals surface area contributed by atoms with Crippen LogP contribution < -0.4 is 5.32 Å². The molecular weight excluding hydrogens is 518 g/mol. The van der Waals surface area contributed by atoms with Crippen molar-refractivity contribution in [3.63, 3.8) is 0 Å². The molecule has 0 aromatic heterocycles. The molecule has 0 saturated heterocycles. The summed E-state index contributed by atoms with van der Waals surface area (Å²) in [6, 6.07) is 27.3.